The lowest BCUT2D eigenvalue weighted by molar-refractivity contribution is 0.823. The van der Waals surface area contributed by atoms with Crippen molar-refractivity contribution in [1.29, 1.82) is 0 Å². The monoisotopic (exact) mass is 456 g/mol. The van der Waals surface area contributed by atoms with Gasteiger partial charge in [-0.3, -0.25) is 0 Å². The van der Waals surface area contributed by atoms with Crippen LogP contribution in [0, 0.1) is 0 Å². The van der Waals surface area contributed by atoms with E-state index in [1.54, 1.807) is 21.6 Å². The minimum atomic E-state index is 1.10. The van der Waals surface area contributed by atoms with Gasteiger partial charge in [-0.05, 0) is 54.8 Å². The molecule has 0 nitrogen and oxygen atoms in total. The lowest BCUT2D eigenvalue weighted by Crippen LogP contribution is -1.86. The zero-order valence-electron chi connectivity index (χ0n) is 17.8. The predicted molar refractivity (Wildman–Crippen MR) is 142 cm³/mol. The fourth-order valence-electron chi connectivity index (χ4n) is 4.92. The highest BCUT2D eigenvalue weighted by Gasteiger charge is 2.30. The molecule has 0 saturated carbocycles. The minimum absolute atomic E-state index is 1.10. The smallest absolute Gasteiger partial charge is 0.0445 e. The van der Waals surface area contributed by atoms with E-state index in [4.69, 9.17) is 0 Å². The Morgan fingerprint density at radius 1 is 0.806 bits per heavy atom. The first-order chi connectivity index (χ1) is 15.3. The van der Waals surface area contributed by atoms with Crippen LogP contribution in [0.25, 0.3) is 47.3 Å². The fourth-order valence-corrected chi connectivity index (χ4v) is 8.42. The minimum Gasteiger partial charge on any atom is -0.143 e. The molecule has 5 aromatic rings. The summed E-state index contributed by atoms with van der Waals surface area (Å²) in [6.07, 6.45) is 4.84. The van der Waals surface area contributed by atoms with Crippen LogP contribution in [0.4, 0.5) is 0 Å². The molecule has 0 bridgehead atoms. The van der Waals surface area contributed by atoms with E-state index in [2.05, 4.69) is 73.1 Å². The van der Waals surface area contributed by atoms with Crippen molar-refractivity contribution in [2.45, 2.75) is 39.5 Å². The van der Waals surface area contributed by atoms with E-state index in [1.807, 2.05) is 34.0 Å². The number of fused-ring (bicyclic) bond motifs is 3. The van der Waals surface area contributed by atoms with Crippen molar-refractivity contribution < 1.29 is 0 Å². The van der Waals surface area contributed by atoms with E-state index in [-0.39, 0.29) is 0 Å². The SMILES string of the molecule is CCCCC1=C(C)Cc2c1sc(-c1csc3ccccc13)c2-c1csc2ccccc12. The van der Waals surface area contributed by atoms with Crippen molar-refractivity contribution in [2.75, 3.05) is 0 Å². The number of unbranched alkanes of at least 4 members (excludes halogenated alkanes) is 1. The molecule has 2 aromatic carbocycles. The molecule has 1 aliphatic carbocycles. The Labute approximate surface area is 195 Å². The molecule has 0 amide bonds. The number of thiophene rings is 3. The van der Waals surface area contributed by atoms with Gasteiger partial charge in [0.2, 0.25) is 0 Å². The molecule has 154 valence electrons. The van der Waals surface area contributed by atoms with E-state index >= 15 is 0 Å². The molecule has 0 aliphatic heterocycles. The summed E-state index contributed by atoms with van der Waals surface area (Å²) in [6.45, 7) is 4.65. The summed E-state index contributed by atoms with van der Waals surface area (Å²) in [5, 5.41) is 7.56. The van der Waals surface area contributed by atoms with Gasteiger partial charge in [0.15, 0.2) is 0 Å². The van der Waals surface area contributed by atoms with Crippen LogP contribution in [0.1, 0.15) is 43.6 Å². The molecule has 3 aromatic heterocycles. The maximum absolute atomic E-state index is 2.39. The summed E-state index contributed by atoms with van der Waals surface area (Å²) in [5.41, 5.74) is 9.10. The highest BCUT2D eigenvalue weighted by molar-refractivity contribution is 7.20. The van der Waals surface area contributed by atoms with Crippen LogP contribution in [-0.2, 0) is 6.42 Å². The van der Waals surface area contributed by atoms with Gasteiger partial charge in [-0.25, -0.2) is 0 Å². The topological polar surface area (TPSA) is 0 Å². The van der Waals surface area contributed by atoms with E-state index < -0.39 is 0 Å². The summed E-state index contributed by atoms with van der Waals surface area (Å²) in [7, 11) is 0. The van der Waals surface area contributed by atoms with Crippen LogP contribution >= 0.6 is 34.0 Å². The normalized spacial score (nSPS) is 13.6. The first kappa shape index (κ1) is 19.5. The van der Waals surface area contributed by atoms with Crippen LogP contribution in [0.2, 0.25) is 0 Å². The molecule has 0 N–H and O–H groups in total. The molecular weight excluding hydrogens is 433 g/mol. The van der Waals surface area contributed by atoms with Gasteiger partial charge in [0, 0.05) is 52.0 Å². The lowest BCUT2D eigenvalue weighted by Gasteiger charge is -2.07. The number of hydrogen-bond acceptors (Lipinski definition) is 3. The van der Waals surface area contributed by atoms with Crippen LogP contribution in [0.3, 0.4) is 0 Å². The third kappa shape index (κ3) is 3.06. The van der Waals surface area contributed by atoms with Gasteiger partial charge in [-0.1, -0.05) is 55.3 Å². The first-order valence-electron chi connectivity index (χ1n) is 11.0. The third-order valence-corrected chi connectivity index (χ3v) is 9.75. The highest BCUT2D eigenvalue weighted by atomic mass is 32.1. The Morgan fingerprint density at radius 2 is 1.45 bits per heavy atom. The van der Waals surface area contributed by atoms with Gasteiger partial charge in [-0.2, -0.15) is 0 Å². The Morgan fingerprint density at radius 3 is 2.16 bits per heavy atom. The Balaban J connectivity index is 1.64. The average Bonchev–Trinajstić information content (AvgIpc) is 3.54. The van der Waals surface area contributed by atoms with Crippen molar-refractivity contribution in [3.05, 3.63) is 75.3 Å². The standard InChI is InChI=1S/C28H24S3/c1-3-4-9-18-17(2)14-21-26(22-15-29-24-12-7-5-10-19(22)24)28(31-27(18)21)23-16-30-25-13-8-6-11-20(23)25/h5-8,10-13,15-16H,3-4,9,14H2,1-2H3. The Hall–Kier alpha value is -2.20. The molecule has 3 heterocycles. The van der Waals surface area contributed by atoms with E-state index in [1.165, 1.54) is 61.0 Å². The van der Waals surface area contributed by atoms with E-state index in [9.17, 15) is 0 Å². The van der Waals surface area contributed by atoms with Crippen molar-refractivity contribution >= 4 is 59.8 Å². The molecule has 0 atom stereocenters. The molecule has 1 aliphatic rings. The quantitative estimate of drug-likeness (QED) is 0.247. The summed E-state index contributed by atoms with van der Waals surface area (Å²) >= 11 is 5.79. The lowest BCUT2D eigenvalue weighted by atomic mass is 9.96. The molecule has 31 heavy (non-hydrogen) atoms. The number of hydrogen-bond donors (Lipinski definition) is 0. The molecule has 0 unspecified atom stereocenters. The summed E-state index contributed by atoms with van der Waals surface area (Å²) in [6, 6.07) is 17.8. The fraction of sp³-hybridized carbons (Fsp3) is 0.214. The number of allylic oxidation sites excluding steroid dienone is 2. The van der Waals surface area contributed by atoms with Crippen molar-refractivity contribution in [3.63, 3.8) is 0 Å². The molecule has 0 spiro atoms. The molecular formula is C28H24S3. The predicted octanol–water partition coefficient (Wildman–Crippen LogP) is 10.0. The third-order valence-electron chi connectivity index (χ3n) is 6.49. The summed E-state index contributed by atoms with van der Waals surface area (Å²) < 4.78 is 2.76. The largest absolute Gasteiger partial charge is 0.143 e. The molecule has 0 saturated heterocycles. The maximum Gasteiger partial charge on any atom is 0.0445 e. The molecule has 6 rings (SSSR count). The van der Waals surface area contributed by atoms with Crippen LogP contribution < -0.4 is 0 Å². The Bertz CT molecular complexity index is 1450. The summed E-state index contributed by atoms with van der Waals surface area (Å²) in [5.74, 6) is 0. The second kappa shape index (κ2) is 7.74. The van der Waals surface area contributed by atoms with Gasteiger partial charge < -0.3 is 0 Å². The van der Waals surface area contributed by atoms with Crippen molar-refractivity contribution in [3.8, 4) is 21.6 Å². The second-order valence-electron chi connectivity index (χ2n) is 8.44. The van der Waals surface area contributed by atoms with Gasteiger partial charge in [0.25, 0.3) is 0 Å². The van der Waals surface area contributed by atoms with Gasteiger partial charge in [0.1, 0.15) is 0 Å². The number of benzene rings is 2. The zero-order chi connectivity index (χ0) is 20.9. The molecule has 0 radical (unpaired) electrons. The highest BCUT2D eigenvalue weighted by Crippen LogP contribution is 2.54. The summed E-state index contributed by atoms with van der Waals surface area (Å²) in [4.78, 5) is 3.02. The molecule has 3 heteroatoms. The molecule has 0 fully saturated rings. The Kier molecular flexibility index (Phi) is 4.86. The van der Waals surface area contributed by atoms with E-state index in [0.29, 0.717) is 0 Å². The van der Waals surface area contributed by atoms with Crippen LogP contribution in [-0.4, -0.2) is 0 Å². The van der Waals surface area contributed by atoms with Gasteiger partial charge in [0.05, 0.1) is 0 Å². The second-order valence-corrected chi connectivity index (χ2v) is 11.3. The maximum atomic E-state index is 2.39. The average molecular weight is 457 g/mol. The van der Waals surface area contributed by atoms with Crippen LogP contribution in [0.5, 0.6) is 0 Å². The van der Waals surface area contributed by atoms with Gasteiger partial charge >= 0.3 is 0 Å². The van der Waals surface area contributed by atoms with E-state index in [0.717, 1.165) is 6.42 Å². The van der Waals surface area contributed by atoms with Crippen LogP contribution in [0.15, 0.2) is 64.9 Å². The van der Waals surface area contributed by atoms with Crippen molar-refractivity contribution in [2.24, 2.45) is 0 Å². The van der Waals surface area contributed by atoms with Gasteiger partial charge in [-0.15, -0.1) is 34.0 Å². The first-order valence-corrected chi connectivity index (χ1v) is 13.6. The van der Waals surface area contributed by atoms with Crippen molar-refractivity contribution in [1.82, 2.24) is 0 Å². The number of rotatable bonds is 5. The zero-order valence-corrected chi connectivity index (χ0v) is 20.3.